The first-order valence-corrected chi connectivity index (χ1v) is 7.48. The molecule has 20 heavy (non-hydrogen) atoms. The Hall–Kier alpha value is -1.07. The quantitative estimate of drug-likeness (QED) is 0.425. The van der Waals surface area contributed by atoms with Crippen molar-refractivity contribution in [3.8, 4) is 0 Å². The number of ether oxygens (including phenoxy) is 2. The molecule has 0 atom stereocenters. The standard InChI is InChI=1S/C15H29N3O2/c1-11(2)19-8-9-20-15(17)12(3)10-18-14-6-4-13(16)5-7-14/h10-11,13-14H,4-9,16-17H2,1-3H3. The number of nitrogens with zero attached hydrogens (tertiary/aromatic N) is 1. The summed E-state index contributed by atoms with van der Waals surface area (Å²) in [5.41, 5.74) is 12.6. The molecule has 0 aromatic rings. The molecule has 0 amide bonds. The maximum absolute atomic E-state index is 5.88. The van der Waals surface area contributed by atoms with Crippen molar-refractivity contribution in [1.82, 2.24) is 0 Å². The summed E-state index contributed by atoms with van der Waals surface area (Å²) in [6.45, 7) is 6.91. The second-order valence-electron chi connectivity index (χ2n) is 5.66. The van der Waals surface area contributed by atoms with Crippen molar-refractivity contribution in [1.29, 1.82) is 0 Å². The molecule has 0 aliphatic heterocycles. The topological polar surface area (TPSA) is 82.9 Å². The lowest BCUT2D eigenvalue weighted by Crippen LogP contribution is -2.28. The van der Waals surface area contributed by atoms with Crippen LogP contribution in [0.5, 0.6) is 0 Å². The largest absolute Gasteiger partial charge is 0.477 e. The van der Waals surface area contributed by atoms with E-state index in [4.69, 9.17) is 20.9 Å². The van der Waals surface area contributed by atoms with Crippen LogP contribution < -0.4 is 11.5 Å². The molecular weight excluding hydrogens is 254 g/mol. The van der Waals surface area contributed by atoms with Crippen LogP contribution in [0.1, 0.15) is 46.5 Å². The minimum absolute atomic E-state index is 0.212. The molecule has 0 saturated heterocycles. The third kappa shape index (κ3) is 6.91. The monoisotopic (exact) mass is 283 g/mol. The highest BCUT2D eigenvalue weighted by Crippen LogP contribution is 2.19. The maximum atomic E-state index is 5.88. The average Bonchev–Trinajstić information content (AvgIpc) is 2.42. The van der Waals surface area contributed by atoms with E-state index in [1.54, 1.807) is 0 Å². The van der Waals surface area contributed by atoms with E-state index in [0.29, 0.717) is 31.2 Å². The molecule has 1 fully saturated rings. The number of nitrogens with two attached hydrogens (primary N) is 2. The first-order valence-electron chi connectivity index (χ1n) is 7.48. The molecular formula is C15H29N3O2. The lowest BCUT2D eigenvalue weighted by atomic mass is 9.92. The Kier molecular flexibility index (Phi) is 7.62. The summed E-state index contributed by atoms with van der Waals surface area (Å²) in [6.07, 6.45) is 6.28. The first-order chi connectivity index (χ1) is 9.49. The van der Waals surface area contributed by atoms with E-state index in [1.807, 2.05) is 27.0 Å². The lowest BCUT2D eigenvalue weighted by molar-refractivity contribution is 0.0379. The molecule has 1 rings (SSSR count). The van der Waals surface area contributed by atoms with Gasteiger partial charge >= 0.3 is 0 Å². The van der Waals surface area contributed by atoms with Gasteiger partial charge in [0.1, 0.15) is 6.61 Å². The normalized spacial score (nSPS) is 25.1. The predicted molar refractivity (Wildman–Crippen MR) is 82.7 cm³/mol. The minimum atomic E-state index is 0.212. The highest BCUT2D eigenvalue weighted by atomic mass is 16.5. The third-order valence-corrected chi connectivity index (χ3v) is 3.40. The van der Waals surface area contributed by atoms with E-state index in [-0.39, 0.29) is 6.10 Å². The molecule has 5 nitrogen and oxygen atoms in total. The fourth-order valence-corrected chi connectivity index (χ4v) is 2.08. The number of hydrogen-bond acceptors (Lipinski definition) is 5. The second kappa shape index (κ2) is 8.97. The zero-order chi connectivity index (χ0) is 15.0. The van der Waals surface area contributed by atoms with E-state index in [9.17, 15) is 0 Å². The van der Waals surface area contributed by atoms with Gasteiger partial charge in [-0.15, -0.1) is 0 Å². The van der Waals surface area contributed by atoms with Crippen LogP contribution in [0.3, 0.4) is 0 Å². The number of rotatable bonds is 7. The van der Waals surface area contributed by atoms with Crippen molar-refractivity contribution in [3.63, 3.8) is 0 Å². The molecule has 116 valence electrons. The van der Waals surface area contributed by atoms with Gasteiger partial charge in [-0.3, -0.25) is 4.99 Å². The molecule has 5 heteroatoms. The van der Waals surface area contributed by atoms with Crippen LogP contribution in [-0.2, 0) is 9.47 Å². The molecule has 0 spiro atoms. The van der Waals surface area contributed by atoms with Gasteiger partial charge in [-0.05, 0) is 46.5 Å². The summed E-state index contributed by atoms with van der Waals surface area (Å²) in [5.74, 6) is 0.425. The van der Waals surface area contributed by atoms with Gasteiger partial charge in [0, 0.05) is 17.8 Å². The molecule has 4 N–H and O–H groups in total. The van der Waals surface area contributed by atoms with Gasteiger partial charge in [-0.25, -0.2) is 0 Å². The van der Waals surface area contributed by atoms with Crippen LogP contribution in [0.2, 0.25) is 0 Å². The van der Waals surface area contributed by atoms with Crippen LogP contribution in [0.25, 0.3) is 0 Å². The predicted octanol–water partition coefficient (Wildman–Crippen LogP) is 1.96. The van der Waals surface area contributed by atoms with Crippen LogP contribution in [0, 0.1) is 0 Å². The van der Waals surface area contributed by atoms with Gasteiger partial charge in [0.05, 0.1) is 18.8 Å². The summed E-state index contributed by atoms with van der Waals surface area (Å²) in [7, 11) is 0. The number of aliphatic imine (C=N–C) groups is 1. The number of allylic oxidation sites excluding steroid dienone is 1. The molecule has 1 aliphatic rings. The van der Waals surface area contributed by atoms with Crippen LogP contribution in [0.15, 0.2) is 16.4 Å². The van der Waals surface area contributed by atoms with Gasteiger partial charge < -0.3 is 20.9 Å². The summed E-state index contributed by atoms with van der Waals surface area (Å²) in [4.78, 5) is 4.57. The molecule has 1 saturated carbocycles. The van der Waals surface area contributed by atoms with E-state index in [0.717, 1.165) is 31.3 Å². The Labute approximate surface area is 122 Å². The smallest absolute Gasteiger partial charge is 0.188 e. The average molecular weight is 283 g/mol. The highest BCUT2D eigenvalue weighted by molar-refractivity contribution is 5.78. The van der Waals surface area contributed by atoms with Crippen molar-refractivity contribution in [2.75, 3.05) is 13.2 Å². The lowest BCUT2D eigenvalue weighted by Gasteiger charge is -2.22. The number of hydrogen-bond donors (Lipinski definition) is 2. The summed E-state index contributed by atoms with van der Waals surface area (Å²) < 4.78 is 10.8. The highest BCUT2D eigenvalue weighted by Gasteiger charge is 2.16. The van der Waals surface area contributed by atoms with E-state index < -0.39 is 0 Å². The summed E-state index contributed by atoms with van der Waals surface area (Å²) in [5, 5.41) is 0. The zero-order valence-corrected chi connectivity index (χ0v) is 13.0. The van der Waals surface area contributed by atoms with Crippen molar-refractivity contribution in [2.24, 2.45) is 16.5 Å². The molecule has 0 unspecified atom stereocenters. The van der Waals surface area contributed by atoms with Crippen molar-refractivity contribution < 1.29 is 9.47 Å². The Morgan fingerprint density at radius 1 is 1.25 bits per heavy atom. The fourth-order valence-electron chi connectivity index (χ4n) is 2.08. The second-order valence-corrected chi connectivity index (χ2v) is 5.66. The van der Waals surface area contributed by atoms with Crippen molar-refractivity contribution in [3.05, 3.63) is 11.5 Å². The van der Waals surface area contributed by atoms with Gasteiger partial charge in [-0.1, -0.05) is 0 Å². The summed E-state index contributed by atoms with van der Waals surface area (Å²) in [6, 6.07) is 0.731. The van der Waals surface area contributed by atoms with Gasteiger partial charge in [0.2, 0.25) is 0 Å². The zero-order valence-electron chi connectivity index (χ0n) is 13.0. The molecule has 1 aliphatic carbocycles. The molecule has 0 bridgehead atoms. The third-order valence-electron chi connectivity index (χ3n) is 3.40. The van der Waals surface area contributed by atoms with Crippen LogP contribution in [0.4, 0.5) is 0 Å². The van der Waals surface area contributed by atoms with Crippen LogP contribution in [-0.4, -0.2) is 37.6 Å². The molecule has 0 heterocycles. The molecule has 0 aromatic carbocycles. The van der Waals surface area contributed by atoms with Crippen molar-refractivity contribution >= 4 is 6.21 Å². The fraction of sp³-hybridized carbons (Fsp3) is 0.800. The van der Waals surface area contributed by atoms with Crippen molar-refractivity contribution in [2.45, 2.75) is 64.6 Å². The van der Waals surface area contributed by atoms with Gasteiger partial charge in [0.25, 0.3) is 0 Å². The Morgan fingerprint density at radius 3 is 2.50 bits per heavy atom. The Balaban J connectivity index is 2.31. The molecule has 0 radical (unpaired) electrons. The van der Waals surface area contributed by atoms with E-state index in [2.05, 4.69) is 4.99 Å². The van der Waals surface area contributed by atoms with Gasteiger partial charge in [0.15, 0.2) is 5.88 Å². The Bertz CT molecular complexity index is 332. The molecule has 0 aromatic heterocycles. The first kappa shape index (κ1) is 17.0. The SMILES string of the molecule is CC(C=NC1CCC(N)CC1)=C(N)OCCOC(C)C. The maximum Gasteiger partial charge on any atom is 0.188 e. The minimum Gasteiger partial charge on any atom is -0.477 e. The summed E-state index contributed by atoms with van der Waals surface area (Å²) >= 11 is 0. The van der Waals surface area contributed by atoms with Crippen LogP contribution >= 0.6 is 0 Å². The Morgan fingerprint density at radius 2 is 1.90 bits per heavy atom. The van der Waals surface area contributed by atoms with E-state index in [1.165, 1.54) is 0 Å². The van der Waals surface area contributed by atoms with E-state index >= 15 is 0 Å². The van der Waals surface area contributed by atoms with Gasteiger partial charge in [-0.2, -0.15) is 0 Å².